The summed E-state index contributed by atoms with van der Waals surface area (Å²) in [5.41, 5.74) is 3.24. The van der Waals surface area contributed by atoms with Gasteiger partial charge in [-0.2, -0.15) is 0 Å². The molecule has 0 aliphatic rings. The maximum Gasteiger partial charge on any atom is 0.0629 e. The molecule has 0 unspecified atom stereocenters. The molecular weight excluding hydrogens is 1500 g/mol. The van der Waals surface area contributed by atoms with Gasteiger partial charge in [-0.15, -0.1) is 0 Å². The third kappa shape index (κ3) is 29.5. The molecule has 0 saturated carbocycles. The third-order valence-corrected chi connectivity index (χ3v) is 19.4. The van der Waals surface area contributed by atoms with Crippen molar-refractivity contribution in [2.24, 2.45) is 5.92 Å². The predicted molar refractivity (Wildman–Crippen MR) is 559 cm³/mol. The van der Waals surface area contributed by atoms with E-state index in [1.165, 1.54) is 37.5 Å². The molecule has 0 atom stereocenters. The molecule has 0 fully saturated rings. The highest BCUT2D eigenvalue weighted by Gasteiger charge is 2.31. The van der Waals surface area contributed by atoms with Gasteiger partial charge in [0.2, 0.25) is 0 Å². The fourth-order valence-electron chi connectivity index (χ4n) is 13.9. The molecule has 0 saturated heterocycles. The molecule has 0 radical (unpaired) electrons. The zero-order valence-corrected chi connectivity index (χ0v) is 79.2. The minimum Gasteiger partial charge on any atom is -0.0630 e. The van der Waals surface area contributed by atoms with E-state index in [2.05, 4.69) is 121 Å². The lowest BCUT2D eigenvalue weighted by Crippen LogP contribution is -2.23. The normalized spacial score (nSPS) is 18.2. The molecule has 125 heavy (non-hydrogen) atoms. The summed E-state index contributed by atoms with van der Waals surface area (Å²) in [6, 6.07) is 6.83. The first kappa shape index (κ1) is 50.4. The van der Waals surface area contributed by atoms with Crippen LogP contribution in [0.1, 0.15) is 380 Å². The number of rotatable bonds is 9. The molecule has 0 N–H and O–H groups in total. The molecule has 0 nitrogen and oxygen atoms in total. The van der Waals surface area contributed by atoms with Gasteiger partial charge in [0.25, 0.3) is 0 Å². The molecule has 0 heterocycles. The van der Waals surface area contributed by atoms with E-state index >= 15 is 0 Å². The molecule has 0 spiro atoms. The fraction of sp³-hybridized carbons (Fsp3) is 0.376. The van der Waals surface area contributed by atoms with Crippen LogP contribution in [-0.2, 0) is 43.3 Å². The zero-order chi connectivity index (χ0) is 137. The van der Waals surface area contributed by atoms with E-state index in [1.807, 2.05) is 46.8 Å². The standard InChI is InChI=1S/2C24H26.C22H22.C21H28.C17H28.C13H20.C4H10/c2*1-17-9-13-19(14-10-17)21-7-6-8-22(23(21)24(3,4)5)20-15-11-18(2)12-16-20;1-22(2,3)21-19(17-11-6-4-7-12-17)15-10-16-20(21)18-13-8-5-9-14-18;1-15-11-13-16(14-12-15)17-9-8-10-18(20(2,3)4)19(17)21(5,6)7;1-12(2)15-13(16(3,4)5)10-9-11-14(15)17(6,7)8;1-10(2)11-6-8-12(9-7-11)13(3,4)5;1-4(2)3/h2*6-16H,1-5H3;4-16H,1-3H3;8-14H,1-7H3;9-12H,1-8H3;6-10H,1-5H3;4H,1-3H3/i1D3,6D,7D,8D,9D,10D,11D,12D,13D,14D,15D,16D;1D3,9D,10D,11D,12D,13D,14D,15D,16D;4D,5D,6D,7D,8D,9D,10D,11D,12D,13D,14D,15D,16D;11D,12D,13D,14D;;3D3,4D3;1D3. The second kappa shape index (κ2) is 43.4. The van der Waals surface area contributed by atoms with Crippen molar-refractivity contribution in [1.29, 1.82) is 0 Å². The van der Waals surface area contributed by atoms with E-state index in [9.17, 15) is 0 Å². The maximum atomic E-state index is 8.71. The van der Waals surface area contributed by atoms with Crippen molar-refractivity contribution in [3.05, 3.63) is 380 Å². The van der Waals surface area contributed by atoms with E-state index in [0.29, 0.717) is 45.2 Å². The van der Waals surface area contributed by atoms with Crippen LogP contribution < -0.4 is 0 Å². The van der Waals surface area contributed by atoms with Crippen LogP contribution in [0.4, 0.5) is 0 Å². The Labute approximate surface area is 835 Å². The smallest absolute Gasteiger partial charge is 0.0629 e. The number of benzene rings is 13. The molecule has 0 aliphatic carbocycles. The summed E-state index contributed by atoms with van der Waals surface area (Å²) >= 11 is 0. The molecule has 0 aromatic heterocycles. The van der Waals surface area contributed by atoms with E-state index in [-0.39, 0.29) is 160 Å². The lowest BCUT2D eigenvalue weighted by atomic mass is 9.72. The Morgan fingerprint density at radius 3 is 0.752 bits per heavy atom. The van der Waals surface area contributed by atoms with Gasteiger partial charge in [0.1, 0.15) is 0 Å². The van der Waals surface area contributed by atoms with Crippen LogP contribution in [0.3, 0.4) is 0 Å². The predicted octanol–water partition coefficient (Wildman–Crippen LogP) is 37.6. The second-order valence-corrected chi connectivity index (χ2v) is 39.2. The van der Waals surface area contributed by atoms with Crippen LogP contribution in [-0.4, -0.2) is 0 Å². The van der Waals surface area contributed by atoms with Crippen LogP contribution in [0.5, 0.6) is 0 Å². The van der Waals surface area contributed by atoms with Crippen molar-refractivity contribution < 1.29 is 69.9 Å². The molecule has 13 rings (SSSR count). The summed E-state index contributed by atoms with van der Waals surface area (Å²) in [6.07, 6.45) is 0. The Balaban J connectivity index is 0.000000284. The summed E-state index contributed by atoms with van der Waals surface area (Å²) < 4.78 is 413. The Kier molecular flexibility index (Phi) is 17.5. The summed E-state index contributed by atoms with van der Waals surface area (Å²) in [5.74, 6) is 0.702. The van der Waals surface area contributed by atoms with Crippen molar-refractivity contribution >= 4 is 0 Å². The Morgan fingerprint density at radius 1 is 0.232 bits per heavy atom. The van der Waals surface area contributed by atoms with Gasteiger partial charge in [0.05, 0.1) is 49.3 Å². The van der Waals surface area contributed by atoms with Crippen molar-refractivity contribution in [2.75, 3.05) is 0 Å². The summed E-state index contributed by atoms with van der Waals surface area (Å²) in [4.78, 5) is 0. The molecule has 0 bridgehead atoms. The molecule has 0 aliphatic heterocycles. The summed E-state index contributed by atoms with van der Waals surface area (Å²) in [7, 11) is 0. The highest BCUT2D eigenvalue weighted by molar-refractivity contribution is 5.83. The third-order valence-electron chi connectivity index (χ3n) is 19.4. The van der Waals surface area contributed by atoms with Gasteiger partial charge in [-0.3, -0.25) is 0 Å². The molecule has 13 aromatic rings. The summed E-state index contributed by atoms with van der Waals surface area (Å²) in [5, 5.41) is 0. The van der Waals surface area contributed by atoms with E-state index in [0.717, 1.165) is 16.7 Å². The first-order valence-electron chi connectivity index (χ1n) is 67.6. The quantitative estimate of drug-likeness (QED) is 0.135. The average molecular weight is 1710 g/mol. The first-order chi connectivity index (χ1) is 79.2. The van der Waals surface area contributed by atoms with Crippen LogP contribution in [0.15, 0.2) is 296 Å². The molecule has 13 aromatic carbocycles. The Bertz CT molecular complexity index is 8080. The van der Waals surface area contributed by atoms with Crippen molar-refractivity contribution in [2.45, 2.75) is 304 Å². The van der Waals surface area contributed by atoms with Crippen LogP contribution in [0.2, 0.25) is 0 Å². The second-order valence-electron chi connectivity index (χ2n) is 39.2. The maximum absolute atomic E-state index is 8.71. The van der Waals surface area contributed by atoms with Gasteiger partial charge < -0.3 is 0 Å². The van der Waals surface area contributed by atoms with Gasteiger partial charge in [-0.1, -0.05) is 539 Å². The Hall–Kier alpha value is -10.1. The number of hydrogen-bond acceptors (Lipinski definition) is 0. The first-order valence-corrected chi connectivity index (χ1v) is 42.1. The zero-order valence-electron chi connectivity index (χ0n) is 130. The monoisotopic (exact) mass is 1710 g/mol. The van der Waals surface area contributed by atoms with E-state index < -0.39 is 230 Å². The van der Waals surface area contributed by atoms with Crippen LogP contribution >= 0.6 is 0 Å². The fourth-order valence-corrected chi connectivity index (χ4v) is 13.9. The van der Waals surface area contributed by atoms with Crippen LogP contribution in [0.25, 0.3) is 77.9 Å². The van der Waals surface area contributed by atoms with Gasteiger partial charge in [-0.05, 0) is 229 Å². The minimum atomic E-state index is -2.96. The van der Waals surface area contributed by atoms with E-state index in [1.54, 1.807) is 110 Å². The highest BCUT2D eigenvalue weighted by Crippen LogP contribution is 2.46. The van der Waals surface area contributed by atoms with Gasteiger partial charge in [0.15, 0.2) is 0 Å². The average Bonchev–Trinajstić information content (AvgIpc) is 0.711. The SMILES string of the molecule is CC(C)c1c(C(C)(C)C)cccc1C(C)(C)C.[2H]C([2H])([2H])C(C)(c1ccc(C(C)C)cc1)C([2H])([2H])[2H].[2H]C([2H])([2H])C(C)C.[2H]c1c([2H])c(-c2c([2H])c([2H])c(C)c([2H])c2[2H])c(C(C)(C)C)c(-c2c([2H])c([2H])c(C([2H])([2H])[2H])c([2H])c2[2H])c1[2H].[2H]c1c([2H])c(-c2cccc(-c3c([2H])c([2H])c(C([2H])([2H])[2H])c([2H])c3[2H])c2C(C)(C)C)c([2H])c([2H])c1C.[2H]c1c([2H])c(-c2cccc(C(C)(C)C)c2C(C)(C)C)c([2H])c([2H])c1C.[2H]c1c([2H])c([2H])c(-c2c([2H])c([2H])c([2H])c(-c3c([2H])c([2H])c([2H])c([2H])c3[2H])c2C(C)(C)C)c([2H])c1[2H]. The van der Waals surface area contributed by atoms with E-state index in [4.69, 9.17) is 69.9 Å². The highest BCUT2D eigenvalue weighted by atomic mass is 14.4. The topological polar surface area (TPSA) is 0 Å². The minimum absolute atomic E-state index is 0.0371. The lowest BCUT2D eigenvalue weighted by Gasteiger charge is -2.32. The summed E-state index contributed by atoms with van der Waals surface area (Å²) in [6.45, 7) is 47.5. The molecule has 0 heteroatoms. The van der Waals surface area contributed by atoms with Crippen molar-refractivity contribution in [3.63, 3.8) is 0 Å². The van der Waals surface area contributed by atoms with Gasteiger partial charge in [-0.25, -0.2) is 0 Å². The lowest BCUT2D eigenvalue weighted by molar-refractivity contribution is 0.531. The van der Waals surface area contributed by atoms with Gasteiger partial charge in [0, 0.05) is 20.6 Å². The largest absolute Gasteiger partial charge is 0.0630 e. The van der Waals surface area contributed by atoms with Gasteiger partial charge >= 0.3 is 0 Å². The number of hydrogen-bond donors (Lipinski definition) is 0. The van der Waals surface area contributed by atoms with Crippen molar-refractivity contribution in [3.8, 4) is 77.9 Å². The van der Waals surface area contributed by atoms with Crippen molar-refractivity contribution in [1.82, 2.24) is 0 Å². The molecule has 0 amide bonds. The van der Waals surface area contributed by atoms with Crippen LogP contribution in [0, 0.1) is 40.4 Å². The molecule has 660 valence electrons. The Morgan fingerprint density at radius 2 is 0.488 bits per heavy atom. The molecular formula is C125H160.